The van der Waals surface area contributed by atoms with Crippen LogP contribution >= 0.6 is 11.3 Å². The number of hydrogen-bond donors (Lipinski definition) is 2. The van der Waals surface area contributed by atoms with Crippen molar-refractivity contribution in [3.8, 4) is 6.07 Å². The molecule has 5 heteroatoms. The lowest BCUT2D eigenvalue weighted by molar-refractivity contribution is -0.117. The molecule has 1 aromatic carbocycles. The first-order valence-corrected chi connectivity index (χ1v) is 10.1. The highest BCUT2D eigenvalue weighted by Gasteiger charge is 2.23. The van der Waals surface area contributed by atoms with Crippen LogP contribution in [0.2, 0.25) is 0 Å². The largest absolute Gasteiger partial charge is 0.315 e. The summed E-state index contributed by atoms with van der Waals surface area (Å²) in [7, 11) is 0. The average molecular weight is 368 g/mol. The Kier molecular flexibility index (Phi) is 6.08. The molecule has 0 bridgehead atoms. The van der Waals surface area contributed by atoms with Gasteiger partial charge < -0.3 is 5.32 Å². The predicted octanol–water partition coefficient (Wildman–Crippen LogP) is 4.57. The maximum Gasteiger partial charge on any atom is 0.241 e. The number of carbonyl (C=O) groups excluding carboxylic acids is 1. The van der Waals surface area contributed by atoms with Crippen molar-refractivity contribution in [3.05, 3.63) is 51.9 Å². The predicted molar refractivity (Wildman–Crippen MR) is 106 cm³/mol. The third kappa shape index (κ3) is 4.14. The summed E-state index contributed by atoms with van der Waals surface area (Å²) in [5.41, 5.74) is 2.97. The van der Waals surface area contributed by atoms with Crippen LogP contribution in [0.15, 0.2) is 30.3 Å². The molecule has 0 unspecified atom stereocenters. The maximum atomic E-state index is 12.7. The van der Waals surface area contributed by atoms with E-state index in [4.69, 9.17) is 0 Å². The monoisotopic (exact) mass is 367 g/mol. The normalized spacial score (nSPS) is 16.0. The molecule has 26 heavy (non-hydrogen) atoms. The first-order chi connectivity index (χ1) is 12.6. The van der Waals surface area contributed by atoms with Crippen molar-refractivity contribution in [1.29, 1.82) is 5.26 Å². The Hall–Kier alpha value is -2.16. The third-order valence-corrected chi connectivity index (χ3v) is 6.17. The highest BCUT2D eigenvalue weighted by atomic mass is 32.1. The summed E-state index contributed by atoms with van der Waals surface area (Å²) in [6, 6.07) is 12.1. The van der Waals surface area contributed by atoms with Crippen LogP contribution in [0.1, 0.15) is 60.7 Å². The third-order valence-electron chi connectivity index (χ3n) is 4.96. The molecule has 2 aromatic rings. The van der Waals surface area contributed by atoms with Gasteiger partial charge in [-0.2, -0.15) is 5.26 Å². The van der Waals surface area contributed by atoms with Crippen LogP contribution in [0.5, 0.6) is 0 Å². The van der Waals surface area contributed by atoms with Crippen LogP contribution in [0.4, 0.5) is 5.00 Å². The summed E-state index contributed by atoms with van der Waals surface area (Å²) < 4.78 is 0. The quantitative estimate of drug-likeness (QED) is 0.761. The average Bonchev–Trinajstić information content (AvgIpc) is 2.81. The number of aryl methyl sites for hydroxylation is 1. The lowest BCUT2D eigenvalue weighted by Gasteiger charge is -2.19. The fourth-order valence-electron chi connectivity index (χ4n) is 3.46. The lowest BCUT2D eigenvalue weighted by atomic mass is 10.1. The van der Waals surface area contributed by atoms with Crippen molar-refractivity contribution < 1.29 is 4.79 Å². The van der Waals surface area contributed by atoms with Crippen molar-refractivity contribution >= 4 is 22.2 Å². The van der Waals surface area contributed by atoms with Crippen LogP contribution in [0, 0.1) is 11.3 Å². The zero-order chi connectivity index (χ0) is 18.5. The number of amides is 1. The molecule has 3 rings (SSSR count). The molecular weight excluding hydrogens is 342 g/mol. The second-order valence-corrected chi connectivity index (χ2v) is 8.00. The van der Waals surface area contributed by atoms with Gasteiger partial charge in [-0.15, -0.1) is 11.3 Å². The van der Waals surface area contributed by atoms with E-state index in [1.54, 1.807) is 11.3 Å². The molecule has 1 heterocycles. The number of anilines is 1. The van der Waals surface area contributed by atoms with Gasteiger partial charge in [0.2, 0.25) is 5.91 Å². The number of rotatable bonds is 5. The minimum atomic E-state index is -0.348. The van der Waals surface area contributed by atoms with Gasteiger partial charge in [-0.3, -0.25) is 10.1 Å². The van der Waals surface area contributed by atoms with Gasteiger partial charge in [0.05, 0.1) is 11.6 Å². The molecule has 1 aliphatic carbocycles. The molecule has 0 aliphatic heterocycles. The summed E-state index contributed by atoms with van der Waals surface area (Å²) >= 11 is 1.58. The van der Waals surface area contributed by atoms with E-state index in [0.29, 0.717) is 10.6 Å². The van der Waals surface area contributed by atoms with Crippen LogP contribution in [0.25, 0.3) is 0 Å². The SMILES string of the molecule is C[C@H](N[C@H](C)c1ccccc1)C(=O)Nc1sc2c(c1C#N)CCCCC2. The van der Waals surface area contributed by atoms with Gasteiger partial charge in [0.1, 0.15) is 11.1 Å². The van der Waals surface area contributed by atoms with E-state index in [0.717, 1.165) is 36.8 Å². The zero-order valence-electron chi connectivity index (χ0n) is 15.3. The van der Waals surface area contributed by atoms with E-state index >= 15 is 0 Å². The standard InChI is InChI=1S/C21H25N3OS/c1-14(16-9-5-3-6-10-16)23-15(2)20(25)24-21-18(13-22)17-11-7-4-8-12-19(17)26-21/h3,5-6,9-10,14-15,23H,4,7-8,11-12H2,1-2H3,(H,24,25)/t14-,15+/m1/s1. The van der Waals surface area contributed by atoms with Gasteiger partial charge in [0, 0.05) is 10.9 Å². The van der Waals surface area contributed by atoms with Gasteiger partial charge in [0.25, 0.3) is 0 Å². The fraction of sp³-hybridized carbons (Fsp3) is 0.429. The van der Waals surface area contributed by atoms with Crippen molar-refractivity contribution in [1.82, 2.24) is 5.32 Å². The Balaban J connectivity index is 1.69. The Morgan fingerprint density at radius 3 is 2.62 bits per heavy atom. The van der Waals surface area contributed by atoms with Crippen molar-refractivity contribution in [2.75, 3.05) is 5.32 Å². The molecule has 1 aromatic heterocycles. The maximum absolute atomic E-state index is 12.7. The highest BCUT2D eigenvalue weighted by Crippen LogP contribution is 2.37. The van der Waals surface area contributed by atoms with E-state index in [-0.39, 0.29) is 18.0 Å². The van der Waals surface area contributed by atoms with E-state index in [2.05, 4.69) is 16.7 Å². The van der Waals surface area contributed by atoms with E-state index in [9.17, 15) is 10.1 Å². The van der Waals surface area contributed by atoms with Crippen molar-refractivity contribution in [2.45, 2.75) is 58.0 Å². The number of thiophene rings is 1. The highest BCUT2D eigenvalue weighted by molar-refractivity contribution is 7.16. The number of nitriles is 1. The molecule has 0 saturated carbocycles. The molecule has 4 nitrogen and oxygen atoms in total. The first kappa shape index (κ1) is 18.6. The Labute approximate surface area is 159 Å². The topological polar surface area (TPSA) is 64.9 Å². The number of fused-ring (bicyclic) bond motifs is 1. The molecule has 0 radical (unpaired) electrons. The number of benzene rings is 1. The Bertz CT molecular complexity index is 807. The second kappa shape index (κ2) is 8.48. The Morgan fingerprint density at radius 2 is 1.88 bits per heavy atom. The molecule has 1 amide bonds. The molecular formula is C21H25N3OS. The molecule has 2 N–H and O–H groups in total. The minimum absolute atomic E-state index is 0.0763. The molecule has 1 aliphatic rings. The first-order valence-electron chi connectivity index (χ1n) is 9.26. The van der Waals surface area contributed by atoms with Crippen LogP contribution < -0.4 is 10.6 Å². The number of hydrogen-bond acceptors (Lipinski definition) is 4. The van der Waals surface area contributed by atoms with Gasteiger partial charge in [-0.1, -0.05) is 36.8 Å². The van der Waals surface area contributed by atoms with Gasteiger partial charge in [0.15, 0.2) is 0 Å². The summed E-state index contributed by atoms with van der Waals surface area (Å²) in [5.74, 6) is -0.0966. The molecule has 0 spiro atoms. The van der Waals surface area contributed by atoms with Crippen molar-refractivity contribution in [2.24, 2.45) is 0 Å². The van der Waals surface area contributed by atoms with Crippen molar-refractivity contribution in [3.63, 3.8) is 0 Å². The van der Waals surface area contributed by atoms with Crippen LogP contribution in [-0.4, -0.2) is 11.9 Å². The van der Waals surface area contributed by atoms with Crippen LogP contribution in [-0.2, 0) is 17.6 Å². The smallest absolute Gasteiger partial charge is 0.241 e. The minimum Gasteiger partial charge on any atom is -0.315 e. The molecule has 2 atom stereocenters. The molecule has 136 valence electrons. The van der Waals surface area contributed by atoms with E-state index in [1.165, 1.54) is 11.3 Å². The molecule has 0 fully saturated rings. The number of nitrogens with one attached hydrogen (secondary N) is 2. The number of carbonyl (C=O) groups is 1. The van der Waals surface area contributed by atoms with Crippen LogP contribution in [0.3, 0.4) is 0 Å². The van der Waals surface area contributed by atoms with Gasteiger partial charge in [-0.05, 0) is 50.7 Å². The summed E-state index contributed by atoms with van der Waals surface area (Å²) in [6.07, 6.45) is 5.47. The number of nitrogens with zero attached hydrogens (tertiary/aromatic N) is 1. The second-order valence-electron chi connectivity index (χ2n) is 6.89. The lowest BCUT2D eigenvalue weighted by Crippen LogP contribution is -2.39. The fourth-order valence-corrected chi connectivity index (χ4v) is 4.70. The van der Waals surface area contributed by atoms with E-state index < -0.39 is 0 Å². The Morgan fingerprint density at radius 1 is 1.15 bits per heavy atom. The molecule has 0 saturated heterocycles. The summed E-state index contributed by atoms with van der Waals surface area (Å²) in [5, 5.41) is 16.6. The van der Waals surface area contributed by atoms with E-state index in [1.807, 2.05) is 44.2 Å². The zero-order valence-corrected chi connectivity index (χ0v) is 16.2. The van der Waals surface area contributed by atoms with Gasteiger partial charge in [-0.25, -0.2) is 0 Å². The summed E-state index contributed by atoms with van der Waals surface area (Å²) in [4.78, 5) is 13.9. The van der Waals surface area contributed by atoms with Gasteiger partial charge >= 0.3 is 0 Å². The summed E-state index contributed by atoms with van der Waals surface area (Å²) in [6.45, 7) is 3.91.